The van der Waals surface area contributed by atoms with E-state index in [1.807, 2.05) is 42.3 Å². The highest BCUT2D eigenvalue weighted by atomic mass is 35.5. The van der Waals surface area contributed by atoms with Crippen LogP contribution in [0.2, 0.25) is 5.02 Å². The Morgan fingerprint density at radius 2 is 2.04 bits per heavy atom. The molecule has 0 saturated carbocycles. The van der Waals surface area contributed by atoms with Crippen molar-refractivity contribution in [3.05, 3.63) is 47.2 Å². The Kier molecular flexibility index (Phi) is 5.44. The zero-order chi connectivity index (χ0) is 17.9. The predicted octanol–water partition coefficient (Wildman–Crippen LogP) is 2.41. The molecular formula is C17H21ClN4O2S. The number of sulfone groups is 1. The van der Waals surface area contributed by atoms with Crippen LogP contribution in [0, 0.1) is 0 Å². The SMILES string of the molecule is CN(c1cc(NCCc2ccc(Cl)cc2)ncn1)C1CCS(=O)(=O)C1. The molecule has 1 aliphatic rings. The quantitative estimate of drug-likeness (QED) is 0.829. The molecule has 1 saturated heterocycles. The zero-order valence-corrected chi connectivity index (χ0v) is 15.6. The van der Waals surface area contributed by atoms with E-state index in [9.17, 15) is 8.42 Å². The van der Waals surface area contributed by atoms with Crippen LogP contribution in [-0.4, -0.2) is 49.5 Å². The minimum Gasteiger partial charge on any atom is -0.370 e. The molecule has 1 N–H and O–H groups in total. The van der Waals surface area contributed by atoms with Gasteiger partial charge in [-0.15, -0.1) is 0 Å². The molecule has 25 heavy (non-hydrogen) atoms. The Morgan fingerprint density at radius 3 is 2.72 bits per heavy atom. The van der Waals surface area contributed by atoms with Gasteiger partial charge < -0.3 is 10.2 Å². The van der Waals surface area contributed by atoms with E-state index in [0.717, 1.165) is 29.6 Å². The molecule has 134 valence electrons. The maximum absolute atomic E-state index is 11.7. The van der Waals surface area contributed by atoms with Crippen molar-refractivity contribution in [1.29, 1.82) is 0 Å². The van der Waals surface area contributed by atoms with Crippen LogP contribution in [-0.2, 0) is 16.3 Å². The van der Waals surface area contributed by atoms with E-state index in [1.54, 1.807) is 0 Å². The second-order valence-electron chi connectivity index (χ2n) is 6.23. The first-order valence-electron chi connectivity index (χ1n) is 8.16. The van der Waals surface area contributed by atoms with E-state index >= 15 is 0 Å². The summed E-state index contributed by atoms with van der Waals surface area (Å²) >= 11 is 5.89. The lowest BCUT2D eigenvalue weighted by Gasteiger charge is -2.24. The average Bonchev–Trinajstić information content (AvgIpc) is 2.96. The first-order valence-corrected chi connectivity index (χ1v) is 10.4. The molecule has 0 amide bonds. The Morgan fingerprint density at radius 1 is 1.28 bits per heavy atom. The lowest BCUT2D eigenvalue weighted by Crippen LogP contribution is -2.33. The molecule has 6 nitrogen and oxygen atoms in total. The van der Waals surface area contributed by atoms with E-state index in [1.165, 1.54) is 11.9 Å². The van der Waals surface area contributed by atoms with E-state index in [2.05, 4.69) is 15.3 Å². The Balaban J connectivity index is 1.58. The third-order valence-electron chi connectivity index (χ3n) is 4.40. The molecule has 2 heterocycles. The number of hydrogen-bond donors (Lipinski definition) is 1. The summed E-state index contributed by atoms with van der Waals surface area (Å²) in [6.45, 7) is 0.736. The van der Waals surface area contributed by atoms with Gasteiger partial charge in [-0.3, -0.25) is 0 Å². The van der Waals surface area contributed by atoms with Crippen molar-refractivity contribution in [3.8, 4) is 0 Å². The summed E-state index contributed by atoms with van der Waals surface area (Å²) < 4.78 is 23.3. The van der Waals surface area contributed by atoms with Gasteiger partial charge in [0.1, 0.15) is 18.0 Å². The first-order chi connectivity index (χ1) is 11.9. The molecule has 1 aromatic carbocycles. The average molecular weight is 381 g/mol. The molecule has 1 aliphatic heterocycles. The van der Waals surface area contributed by atoms with Crippen molar-refractivity contribution >= 4 is 33.1 Å². The third-order valence-corrected chi connectivity index (χ3v) is 6.41. The summed E-state index contributed by atoms with van der Waals surface area (Å²) in [7, 11) is -1.04. The number of nitrogens with zero attached hydrogens (tertiary/aromatic N) is 3. The predicted molar refractivity (Wildman–Crippen MR) is 101 cm³/mol. The second-order valence-corrected chi connectivity index (χ2v) is 8.90. The largest absolute Gasteiger partial charge is 0.370 e. The molecule has 0 aliphatic carbocycles. The van der Waals surface area contributed by atoms with Crippen LogP contribution in [0.3, 0.4) is 0 Å². The summed E-state index contributed by atoms with van der Waals surface area (Å²) in [5, 5.41) is 4.01. The first kappa shape index (κ1) is 17.9. The van der Waals surface area contributed by atoms with Gasteiger partial charge >= 0.3 is 0 Å². The fourth-order valence-electron chi connectivity index (χ4n) is 2.89. The van der Waals surface area contributed by atoms with Crippen LogP contribution in [0.25, 0.3) is 0 Å². The van der Waals surface area contributed by atoms with Crippen molar-refractivity contribution in [2.75, 3.05) is 35.3 Å². The molecule has 2 aromatic rings. The monoisotopic (exact) mass is 380 g/mol. The molecular weight excluding hydrogens is 360 g/mol. The van der Waals surface area contributed by atoms with Crippen LogP contribution in [0.4, 0.5) is 11.6 Å². The van der Waals surface area contributed by atoms with Gasteiger partial charge in [0.25, 0.3) is 0 Å². The van der Waals surface area contributed by atoms with Crippen molar-refractivity contribution in [2.45, 2.75) is 18.9 Å². The number of anilines is 2. The fourth-order valence-corrected chi connectivity index (χ4v) is 4.79. The molecule has 1 unspecified atom stereocenters. The summed E-state index contributed by atoms with van der Waals surface area (Å²) in [5.41, 5.74) is 1.19. The number of aromatic nitrogens is 2. The maximum atomic E-state index is 11.7. The van der Waals surface area contributed by atoms with Crippen molar-refractivity contribution in [2.24, 2.45) is 0 Å². The molecule has 0 radical (unpaired) electrons. The molecule has 0 spiro atoms. The van der Waals surface area contributed by atoms with Crippen molar-refractivity contribution in [3.63, 3.8) is 0 Å². The molecule has 1 atom stereocenters. The normalized spacial score (nSPS) is 18.9. The van der Waals surface area contributed by atoms with Crippen molar-refractivity contribution in [1.82, 2.24) is 9.97 Å². The summed E-state index contributed by atoms with van der Waals surface area (Å²) in [5.74, 6) is 1.89. The summed E-state index contributed by atoms with van der Waals surface area (Å²) in [6.07, 6.45) is 3.00. The number of benzene rings is 1. The lowest BCUT2D eigenvalue weighted by molar-refractivity contribution is 0.600. The van der Waals surface area contributed by atoms with Crippen molar-refractivity contribution < 1.29 is 8.42 Å². The summed E-state index contributed by atoms with van der Waals surface area (Å²) in [4.78, 5) is 10.4. The highest BCUT2D eigenvalue weighted by molar-refractivity contribution is 7.91. The maximum Gasteiger partial charge on any atom is 0.152 e. The highest BCUT2D eigenvalue weighted by Crippen LogP contribution is 2.22. The van der Waals surface area contributed by atoms with Gasteiger partial charge in [0.2, 0.25) is 0 Å². The van der Waals surface area contributed by atoms with Crippen LogP contribution in [0.1, 0.15) is 12.0 Å². The smallest absolute Gasteiger partial charge is 0.152 e. The third kappa shape index (κ3) is 4.83. The highest BCUT2D eigenvalue weighted by Gasteiger charge is 2.31. The Hall–Kier alpha value is -1.86. The number of halogens is 1. The molecule has 0 bridgehead atoms. The second kappa shape index (κ2) is 7.58. The topological polar surface area (TPSA) is 75.2 Å². The molecule has 8 heteroatoms. The van der Waals surface area contributed by atoms with Crippen LogP contribution >= 0.6 is 11.6 Å². The lowest BCUT2D eigenvalue weighted by atomic mass is 10.1. The Labute approximate surface area is 153 Å². The van der Waals surface area contributed by atoms with Gasteiger partial charge in [-0.1, -0.05) is 23.7 Å². The van der Waals surface area contributed by atoms with Gasteiger partial charge in [-0.05, 0) is 30.5 Å². The molecule has 1 aromatic heterocycles. The fraction of sp³-hybridized carbons (Fsp3) is 0.412. The van der Waals surface area contributed by atoms with Crippen LogP contribution in [0.5, 0.6) is 0 Å². The minimum absolute atomic E-state index is 0.0261. The number of rotatable bonds is 6. The van der Waals surface area contributed by atoms with Gasteiger partial charge in [0.15, 0.2) is 9.84 Å². The standard InChI is InChI=1S/C17H21ClN4O2S/c1-22(15-7-9-25(23,24)11-15)17-10-16(20-12-21-17)19-8-6-13-2-4-14(18)5-3-13/h2-5,10,12,15H,6-9,11H2,1H3,(H,19,20,21). The van der Waals surface area contributed by atoms with E-state index in [4.69, 9.17) is 11.6 Å². The molecule has 3 rings (SSSR count). The number of hydrogen-bond acceptors (Lipinski definition) is 6. The van der Waals surface area contributed by atoms with Crippen LogP contribution in [0.15, 0.2) is 36.7 Å². The molecule has 1 fully saturated rings. The zero-order valence-electron chi connectivity index (χ0n) is 14.0. The van der Waals surface area contributed by atoms with E-state index < -0.39 is 9.84 Å². The van der Waals surface area contributed by atoms with E-state index in [-0.39, 0.29) is 17.5 Å². The van der Waals surface area contributed by atoms with Gasteiger partial charge in [0, 0.05) is 30.7 Å². The van der Waals surface area contributed by atoms with Gasteiger partial charge in [-0.2, -0.15) is 0 Å². The van der Waals surface area contributed by atoms with Gasteiger partial charge in [-0.25, -0.2) is 18.4 Å². The van der Waals surface area contributed by atoms with Gasteiger partial charge in [0.05, 0.1) is 11.5 Å². The van der Waals surface area contributed by atoms with Crippen LogP contribution < -0.4 is 10.2 Å². The minimum atomic E-state index is -2.92. The summed E-state index contributed by atoms with van der Waals surface area (Å²) in [6, 6.07) is 9.59. The Bertz CT molecular complexity index is 827. The number of nitrogens with one attached hydrogen (secondary N) is 1. The van der Waals surface area contributed by atoms with E-state index in [0.29, 0.717) is 6.42 Å².